The second-order valence-electron chi connectivity index (χ2n) is 6.45. The highest BCUT2D eigenvalue weighted by atomic mass is 16.3. The number of pyridine rings is 1. The van der Waals surface area contributed by atoms with Crippen molar-refractivity contribution < 1.29 is 15.0 Å². The summed E-state index contributed by atoms with van der Waals surface area (Å²) in [5, 5.41) is 30.4. The molecule has 9 nitrogen and oxygen atoms in total. The summed E-state index contributed by atoms with van der Waals surface area (Å²) in [5.41, 5.74) is 2.54. The predicted octanol–water partition coefficient (Wildman–Crippen LogP) is 2.86. The molecule has 0 aliphatic rings. The monoisotopic (exact) mass is 392 g/mol. The summed E-state index contributed by atoms with van der Waals surface area (Å²) in [7, 11) is 0. The van der Waals surface area contributed by atoms with Crippen LogP contribution in [0.5, 0.6) is 11.8 Å². The number of fused-ring (bicyclic) bond motifs is 1. The van der Waals surface area contributed by atoms with Crippen molar-refractivity contribution in [2.24, 2.45) is 0 Å². The Morgan fingerprint density at radius 3 is 2.69 bits per heavy atom. The van der Waals surface area contributed by atoms with Crippen molar-refractivity contribution in [2.45, 2.75) is 20.0 Å². The lowest BCUT2D eigenvalue weighted by atomic mass is 10.1. The van der Waals surface area contributed by atoms with Crippen molar-refractivity contribution in [2.75, 3.05) is 5.32 Å². The fraction of sp³-hybridized carbons (Fsp3) is 0.150. The number of benzene rings is 1. The van der Waals surface area contributed by atoms with Crippen molar-refractivity contribution in [3.63, 3.8) is 0 Å². The van der Waals surface area contributed by atoms with Crippen LogP contribution < -0.4 is 10.6 Å². The standard InChI is InChI=1S/C20H20N6O3/c1-2-26-18-13(11-23-26)17(24-15-8-16(27)25-20(15)29)14(10-21-18)19(28)22-9-12-6-4-3-5-7-12/h3-8,10-11,25,27,29H,2,9H2,1H3,(H,21,24)(H,22,28). The molecule has 0 spiro atoms. The summed E-state index contributed by atoms with van der Waals surface area (Å²) in [4.78, 5) is 19.7. The van der Waals surface area contributed by atoms with Crippen LogP contribution in [-0.2, 0) is 13.1 Å². The number of aryl methyl sites for hydroxylation is 1. The van der Waals surface area contributed by atoms with Gasteiger partial charge in [-0.1, -0.05) is 30.3 Å². The largest absolute Gasteiger partial charge is 0.494 e. The Labute approximate surface area is 166 Å². The van der Waals surface area contributed by atoms with E-state index in [1.165, 1.54) is 12.3 Å². The highest BCUT2D eigenvalue weighted by Crippen LogP contribution is 2.34. The van der Waals surface area contributed by atoms with E-state index in [1.807, 2.05) is 37.3 Å². The molecule has 4 aromatic rings. The zero-order chi connectivity index (χ0) is 20.4. The second kappa shape index (κ2) is 7.55. The molecule has 4 rings (SSSR count). The van der Waals surface area contributed by atoms with Gasteiger partial charge in [-0.3, -0.25) is 9.78 Å². The third-order valence-electron chi connectivity index (χ3n) is 4.55. The van der Waals surface area contributed by atoms with E-state index in [0.29, 0.717) is 35.4 Å². The normalized spacial score (nSPS) is 10.9. The minimum Gasteiger partial charge on any atom is -0.494 e. The van der Waals surface area contributed by atoms with Gasteiger partial charge in [0.05, 0.1) is 22.8 Å². The maximum Gasteiger partial charge on any atom is 0.255 e. The summed E-state index contributed by atoms with van der Waals surface area (Å²) in [6.07, 6.45) is 3.09. The van der Waals surface area contributed by atoms with E-state index in [4.69, 9.17) is 0 Å². The zero-order valence-corrected chi connectivity index (χ0v) is 15.7. The van der Waals surface area contributed by atoms with Crippen LogP contribution >= 0.6 is 0 Å². The van der Waals surface area contributed by atoms with Crippen LogP contribution in [0.3, 0.4) is 0 Å². The van der Waals surface area contributed by atoms with E-state index in [2.05, 4.69) is 25.7 Å². The fourth-order valence-electron chi connectivity index (χ4n) is 3.10. The number of carbonyl (C=O) groups excluding carboxylic acids is 1. The minimum absolute atomic E-state index is 0.199. The number of nitrogens with one attached hydrogen (secondary N) is 3. The average molecular weight is 392 g/mol. The third-order valence-corrected chi connectivity index (χ3v) is 4.55. The first-order chi connectivity index (χ1) is 14.1. The summed E-state index contributed by atoms with van der Waals surface area (Å²) in [5.74, 6) is -0.769. The lowest BCUT2D eigenvalue weighted by Crippen LogP contribution is -2.24. The van der Waals surface area contributed by atoms with Gasteiger partial charge in [0.1, 0.15) is 5.69 Å². The Balaban J connectivity index is 1.72. The molecule has 0 bridgehead atoms. The van der Waals surface area contributed by atoms with Gasteiger partial charge in [0, 0.05) is 25.4 Å². The Morgan fingerprint density at radius 1 is 1.21 bits per heavy atom. The fourth-order valence-corrected chi connectivity index (χ4v) is 3.10. The summed E-state index contributed by atoms with van der Waals surface area (Å²) < 4.78 is 1.71. The van der Waals surface area contributed by atoms with E-state index in [-0.39, 0.29) is 23.4 Å². The van der Waals surface area contributed by atoms with Crippen LogP contribution in [0.1, 0.15) is 22.8 Å². The van der Waals surface area contributed by atoms with Gasteiger partial charge in [0.25, 0.3) is 5.91 Å². The maximum atomic E-state index is 12.9. The molecule has 0 atom stereocenters. The zero-order valence-electron chi connectivity index (χ0n) is 15.7. The number of amides is 1. The highest BCUT2D eigenvalue weighted by Gasteiger charge is 2.20. The molecular formula is C20H20N6O3. The molecule has 9 heteroatoms. The predicted molar refractivity (Wildman–Crippen MR) is 108 cm³/mol. The number of aromatic hydroxyl groups is 2. The molecule has 0 fully saturated rings. The van der Waals surface area contributed by atoms with Gasteiger partial charge in [0.15, 0.2) is 11.5 Å². The molecule has 0 radical (unpaired) electrons. The number of nitrogens with zero attached hydrogens (tertiary/aromatic N) is 3. The average Bonchev–Trinajstić information content (AvgIpc) is 3.29. The van der Waals surface area contributed by atoms with Crippen LogP contribution in [0.25, 0.3) is 11.0 Å². The van der Waals surface area contributed by atoms with Gasteiger partial charge >= 0.3 is 0 Å². The van der Waals surface area contributed by atoms with Crippen LogP contribution in [-0.4, -0.2) is 35.9 Å². The van der Waals surface area contributed by atoms with E-state index in [0.717, 1.165) is 5.56 Å². The topological polar surface area (TPSA) is 128 Å². The van der Waals surface area contributed by atoms with Crippen LogP contribution in [0.2, 0.25) is 0 Å². The summed E-state index contributed by atoms with van der Waals surface area (Å²) >= 11 is 0. The van der Waals surface area contributed by atoms with Gasteiger partial charge < -0.3 is 20.8 Å². The molecule has 3 heterocycles. The molecule has 0 saturated heterocycles. The van der Waals surface area contributed by atoms with Gasteiger partial charge in [-0.15, -0.1) is 0 Å². The first-order valence-electron chi connectivity index (χ1n) is 9.11. The molecule has 0 unspecified atom stereocenters. The maximum absolute atomic E-state index is 12.9. The van der Waals surface area contributed by atoms with Crippen molar-refractivity contribution in [3.8, 4) is 11.8 Å². The van der Waals surface area contributed by atoms with Gasteiger partial charge in [-0.2, -0.15) is 5.10 Å². The quantitative estimate of drug-likeness (QED) is 0.343. The lowest BCUT2D eigenvalue weighted by molar-refractivity contribution is 0.0951. The van der Waals surface area contributed by atoms with Crippen molar-refractivity contribution in [1.29, 1.82) is 0 Å². The molecule has 3 aromatic heterocycles. The number of hydrogen-bond donors (Lipinski definition) is 5. The summed E-state index contributed by atoms with van der Waals surface area (Å²) in [6.45, 7) is 2.92. The smallest absolute Gasteiger partial charge is 0.255 e. The van der Waals surface area contributed by atoms with Crippen molar-refractivity contribution in [3.05, 3.63) is 59.9 Å². The first-order valence-corrected chi connectivity index (χ1v) is 9.11. The molecule has 1 aromatic carbocycles. The molecule has 0 aliphatic heterocycles. The lowest BCUT2D eigenvalue weighted by Gasteiger charge is -2.13. The Hall–Kier alpha value is -4.01. The van der Waals surface area contributed by atoms with Crippen molar-refractivity contribution >= 4 is 28.3 Å². The van der Waals surface area contributed by atoms with Crippen molar-refractivity contribution in [1.82, 2.24) is 25.1 Å². The number of hydrogen-bond acceptors (Lipinski definition) is 6. The number of H-pyrrole nitrogens is 1. The van der Waals surface area contributed by atoms with Gasteiger partial charge in [-0.05, 0) is 12.5 Å². The highest BCUT2D eigenvalue weighted by molar-refractivity contribution is 6.07. The molecule has 0 saturated carbocycles. The Bertz CT molecular complexity index is 1170. The van der Waals surface area contributed by atoms with Crippen LogP contribution in [0.15, 0.2) is 48.8 Å². The Morgan fingerprint density at radius 2 is 2.00 bits per heavy atom. The molecule has 1 amide bonds. The second-order valence-corrected chi connectivity index (χ2v) is 6.45. The van der Waals surface area contributed by atoms with Crippen LogP contribution in [0.4, 0.5) is 11.4 Å². The molecular weight excluding hydrogens is 372 g/mol. The molecule has 5 N–H and O–H groups in total. The van der Waals surface area contributed by atoms with E-state index < -0.39 is 0 Å². The molecule has 29 heavy (non-hydrogen) atoms. The Kier molecular flexibility index (Phi) is 4.78. The number of aromatic nitrogens is 4. The number of anilines is 2. The van der Waals surface area contributed by atoms with E-state index in [9.17, 15) is 15.0 Å². The third kappa shape index (κ3) is 3.57. The minimum atomic E-state index is -0.325. The van der Waals surface area contributed by atoms with E-state index in [1.54, 1.807) is 10.9 Å². The first kappa shape index (κ1) is 18.4. The van der Waals surface area contributed by atoms with Gasteiger partial charge in [0.2, 0.25) is 5.88 Å². The van der Waals surface area contributed by atoms with Crippen LogP contribution in [0, 0.1) is 0 Å². The number of carbonyl (C=O) groups is 1. The number of aromatic amines is 1. The van der Waals surface area contributed by atoms with E-state index >= 15 is 0 Å². The molecule has 148 valence electrons. The SMILES string of the molecule is CCn1ncc2c(Nc3cc(O)[nH]c3O)c(C(=O)NCc3ccccc3)cnc21. The summed E-state index contributed by atoms with van der Waals surface area (Å²) in [6, 6.07) is 10.9. The molecule has 0 aliphatic carbocycles. The number of rotatable bonds is 6. The van der Waals surface area contributed by atoms with Gasteiger partial charge in [-0.25, -0.2) is 9.67 Å².